The molecule has 0 spiro atoms. The van der Waals surface area contributed by atoms with E-state index in [-0.39, 0.29) is 11.4 Å². The molecular weight excluding hydrogens is 455 g/mol. The maximum absolute atomic E-state index is 13.5. The highest BCUT2D eigenvalue weighted by Crippen LogP contribution is 2.29. The molecular formula is C28H27FN6O. The van der Waals surface area contributed by atoms with Crippen LogP contribution in [0.15, 0.2) is 83.7 Å². The molecule has 5 rings (SSSR count). The Labute approximate surface area is 208 Å². The number of H-pyrrole nitrogens is 1. The largest absolute Gasteiger partial charge is 0.321 e. The van der Waals surface area contributed by atoms with E-state index in [4.69, 9.17) is 0 Å². The number of fused-ring (bicyclic) bond motifs is 1. The average Bonchev–Trinajstić information content (AvgIpc) is 3.34. The molecule has 182 valence electrons. The Hall–Kier alpha value is -4.17. The molecule has 2 aromatic heterocycles. The highest BCUT2D eigenvalue weighted by atomic mass is 19.1. The molecule has 0 radical (unpaired) electrons. The lowest BCUT2D eigenvalue weighted by molar-refractivity contribution is 0.214. The molecule has 0 aliphatic rings. The molecule has 2 heterocycles. The predicted octanol–water partition coefficient (Wildman–Crippen LogP) is 4.62. The smallest absolute Gasteiger partial charge is 0.253 e. The van der Waals surface area contributed by atoms with Crippen LogP contribution < -0.4 is 5.56 Å². The maximum atomic E-state index is 13.5. The first-order valence-corrected chi connectivity index (χ1v) is 11.9. The molecule has 1 N–H and O–H groups in total. The summed E-state index contributed by atoms with van der Waals surface area (Å²) in [5, 5.41) is 13.5. The van der Waals surface area contributed by atoms with Gasteiger partial charge in [-0.25, -0.2) is 9.07 Å². The first-order chi connectivity index (χ1) is 17.5. The Balaban J connectivity index is 1.64. The van der Waals surface area contributed by atoms with Crippen molar-refractivity contribution < 1.29 is 4.39 Å². The van der Waals surface area contributed by atoms with Crippen molar-refractivity contribution in [2.24, 2.45) is 0 Å². The van der Waals surface area contributed by atoms with E-state index in [1.54, 1.807) is 16.8 Å². The van der Waals surface area contributed by atoms with Crippen molar-refractivity contribution in [2.75, 3.05) is 6.54 Å². The number of aryl methyl sites for hydroxylation is 1. The second-order valence-corrected chi connectivity index (χ2v) is 8.87. The van der Waals surface area contributed by atoms with Crippen molar-refractivity contribution in [1.82, 2.24) is 30.1 Å². The number of halogens is 1. The summed E-state index contributed by atoms with van der Waals surface area (Å²) >= 11 is 0. The Morgan fingerprint density at radius 1 is 1.00 bits per heavy atom. The molecule has 0 amide bonds. The second kappa shape index (κ2) is 10.2. The lowest BCUT2D eigenvalue weighted by Gasteiger charge is -2.30. The quantitative estimate of drug-likeness (QED) is 0.349. The summed E-state index contributed by atoms with van der Waals surface area (Å²) in [6.45, 7) is 5.66. The minimum Gasteiger partial charge on any atom is -0.321 e. The molecule has 7 nitrogen and oxygen atoms in total. The molecule has 3 aromatic carbocycles. The number of hydrogen-bond acceptors (Lipinski definition) is 5. The molecule has 1 atom stereocenters. The predicted molar refractivity (Wildman–Crippen MR) is 137 cm³/mol. The van der Waals surface area contributed by atoms with Crippen LogP contribution in [-0.2, 0) is 13.1 Å². The molecule has 5 aromatic rings. The number of aromatic amines is 1. The summed E-state index contributed by atoms with van der Waals surface area (Å²) < 4.78 is 15.1. The van der Waals surface area contributed by atoms with E-state index >= 15 is 0 Å². The van der Waals surface area contributed by atoms with Crippen LogP contribution in [0.5, 0.6) is 0 Å². The van der Waals surface area contributed by atoms with Gasteiger partial charge in [0.25, 0.3) is 5.56 Å². The molecule has 36 heavy (non-hydrogen) atoms. The molecule has 0 fully saturated rings. The van der Waals surface area contributed by atoms with Gasteiger partial charge in [-0.1, -0.05) is 67.6 Å². The first-order valence-electron chi connectivity index (χ1n) is 11.9. The fourth-order valence-corrected chi connectivity index (χ4v) is 4.59. The number of para-hydroxylation sites is 1. The second-order valence-electron chi connectivity index (χ2n) is 8.87. The molecule has 0 aliphatic carbocycles. The third-order valence-corrected chi connectivity index (χ3v) is 6.46. The Bertz CT molecular complexity index is 1530. The summed E-state index contributed by atoms with van der Waals surface area (Å²) in [7, 11) is 0. The van der Waals surface area contributed by atoms with Crippen molar-refractivity contribution in [3.05, 3.63) is 123 Å². The molecule has 0 bridgehead atoms. The van der Waals surface area contributed by atoms with Crippen LogP contribution in [0.3, 0.4) is 0 Å². The summed E-state index contributed by atoms with van der Waals surface area (Å²) in [5.74, 6) is 0.251. The van der Waals surface area contributed by atoms with Crippen LogP contribution in [0, 0.1) is 12.7 Å². The topological polar surface area (TPSA) is 79.7 Å². The third-order valence-electron chi connectivity index (χ3n) is 6.46. The van der Waals surface area contributed by atoms with Crippen LogP contribution >= 0.6 is 0 Å². The molecule has 0 unspecified atom stereocenters. The minimum atomic E-state index is -0.501. The number of nitrogens with zero attached hydrogens (tertiary/aromatic N) is 5. The lowest BCUT2D eigenvalue weighted by Crippen LogP contribution is -2.35. The van der Waals surface area contributed by atoms with Crippen LogP contribution in [0.2, 0.25) is 0 Å². The highest BCUT2D eigenvalue weighted by molar-refractivity contribution is 5.82. The summed E-state index contributed by atoms with van der Waals surface area (Å²) in [4.78, 5) is 18.8. The van der Waals surface area contributed by atoms with E-state index in [1.807, 2.05) is 49.4 Å². The number of tetrazole rings is 1. The minimum absolute atomic E-state index is 0.176. The molecule has 0 saturated carbocycles. The number of rotatable bonds is 8. The van der Waals surface area contributed by atoms with Crippen molar-refractivity contribution in [1.29, 1.82) is 0 Å². The van der Waals surface area contributed by atoms with E-state index < -0.39 is 6.04 Å². The van der Waals surface area contributed by atoms with E-state index in [1.165, 1.54) is 12.1 Å². The number of nitrogens with one attached hydrogen (secondary N) is 1. The zero-order valence-electron chi connectivity index (χ0n) is 20.2. The van der Waals surface area contributed by atoms with Crippen LogP contribution in [0.1, 0.15) is 41.0 Å². The standard InChI is InChI=1S/C28H27FN6O/c1-3-34(17-20-9-5-4-6-10-20)26(24-16-22-11-7-8-19(2)25(22)30-28(24)36)27-31-32-33-35(27)18-21-12-14-23(29)15-13-21/h4-16,26H,3,17-18H2,1-2H3,(H,30,36)/t26-/m0/s1. The number of pyridine rings is 1. The van der Waals surface area contributed by atoms with Gasteiger partial charge in [-0.05, 0) is 64.2 Å². The van der Waals surface area contributed by atoms with Gasteiger partial charge >= 0.3 is 0 Å². The van der Waals surface area contributed by atoms with Gasteiger partial charge in [-0.3, -0.25) is 9.69 Å². The number of benzene rings is 3. The molecule has 8 heteroatoms. The molecule has 0 saturated heterocycles. The van der Waals surface area contributed by atoms with E-state index in [9.17, 15) is 9.18 Å². The van der Waals surface area contributed by atoms with Crippen LogP contribution in [0.4, 0.5) is 4.39 Å². The van der Waals surface area contributed by atoms with Crippen molar-refractivity contribution in [2.45, 2.75) is 33.0 Å². The summed E-state index contributed by atoms with van der Waals surface area (Å²) in [5.41, 5.74) is 4.20. The van der Waals surface area contributed by atoms with E-state index in [2.05, 4.69) is 44.5 Å². The molecule has 0 aliphatic heterocycles. The van der Waals surface area contributed by atoms with Gasteiger partial charge in [-0.2, -0.15) is 0 Å². The summed E-state index contributed by atoms with van der Waals surface area (Å²) in [6, 6.07) is 23.8. The normalized spacial score (nSPS) is 12.3. The lowest BCUT2D eigenvalue weighted by atomic mass is 10.0. The van der Waals surface area contributed by atoms with Crippen molar-refractivity contribution >= 4 is 10.9 Å². The van der Waals surface area contributed by atoms with Crippen molar-refractivity contribution in [3.63, 3.8) is 0 Å². The zero-order valence-corrected chi connectivity index (χ0v) is 20.2. The SMILES string of the molecule is CCN(Cc1ccccc1)[C@@H](c1cc2cccc(C)c2[nH]c1=O)c1nnnn1Cc1ccc(F)cc1. The van der Waals surface area contributed by atoms with Crippen LogP contribution in [-0.4, -0.2) is 36.6 Å². The fraction of sp³-hybridized carbons (Fsp3) is 0.214. The van der Waals surface area contributed by atoms with Gasteiger partial charge in [0.15, 0.2) is 5.82 Å². The van der Waals surface area contributed by atoms with Gasteiger partial charge in [-0.15, -0.1) is 5.10 Å². The first kappa shape index (κ1) is 23.6. The monoisotopic (exact) mass is 482 g/mol. The Kier molecular flexibility index (Phi) is 6.69. The van der Waals surface area contributed by atoms with Gasteiger partial charge in [0.2, 0.25) is 0 Å². The van der Waals surface area contributed by atoms with Crippen molar-refractivity contribution in [3.8, 4) is 0 Å². The van der Waals surface area contributed by atoms with Gasteiger partial charge in [0.1, 0.15) is 11.9 Å². The number of hydrogen-bond donors (Lipinski definition) is 1. The van der Waals surface area contributed by atoms with E-state index in [0.717, 1.165) is 27.6 Å². The van der Waals surface area contributed by atoms with E-state index in [0.29, 0.717) is 31.0 Å². The fourth-order valence-electron chi connectivity index (χ4n) is 4.59. The number of aromatic nitrogens is 5. The summed E-state index contributed by atoms with van der Waals surface area (Å²) in [6.07, 6.45) is 0. The maximum Gasteiger partial charge on any atom is 0.253 e. The third kappa shape index (κ3) is 4.81. The Morgan fingerprint density at radius 3 is 2.53 bits per heavy atom. The van der Waals surface area contributed by atoms with Crippen LogP contribution in [0.25, 0.3) is 10.9 Å². The van der Waals surface area contributed by atoms with Gasteiger partial charge in [0.05, 0.1) is 12.1 Å². The highest BCUT2D eigenvalue weighted by Gasteiger charge is 2.30. The zero-order chi connectivity index (χ0) is 25.1. The van der Waals surface area contributed by atoms with Gasteiger partial charge in [0, 0.05) is 12.1 Å². The van der Waals surface area contributed by atoms with Gasteiger partial charge < -0.3 is 4.98 Å². The Morgan fingerprint density at radius 2 is 1.78 bits per heavy atom. The average molecular weight is 483 g/mol.